The maximum atomic E-state index is 12.7. The van der Waals surface area contributed by atoms with Crippen molar-refractivity contribution in [3.05, 3.63) is 24.4 Å². The van der Waals surface area contributed by atoms with Gasteiger partial charge in [-0.05, 0) is 37.5 Å². The Hall–Kier alpha value is -2.57. The Bertz CT molecular complexity index is 783. The fourth-order valence-electron chi connectivity index (χ4n) is 3.23. The summed E-state index contributed by atoms with van der Waals surface area (Å²) < 4.78 is 1.89. The van der Waals surface area contributed by atoms with Crippen LogP contribution < -0.4 is 10.6 Å². The molecule has 1 aliphatic rings. The summed E-state index contributed by atoms with van der Waals surface area (Å²) in [4.78, 5) is 26.6. The molecule has 7 heteroatoms. The second-order valence-electron chi connectivity index (χ2n) is 6.79. The van der Waals surface area contributed by atoms with Gasteiger partial charge in [0.25, 0.3) is 0 Å². The number of aromatic nitrogens is 2. The molecule has 2 N–H and O–H groups in total. The standard InChI is InChI=1S/C18H25N5O2/c1-4-23-15-10-14(6-5-13(15)11-20-23)21-18(25)22-8-7-19-17(24)16(22)9-12(2)3/h5-6,10-12,16H,4,7-9H2,1-3H3,(H,19,24)(H,21,25)/t16-/m0/s1. The minimum absolute atomic E-state index is 0.0744. The first-order valence-electron chi connectivity index (χ1n) is 8.80. The van der Waals surface area contributed by atoms with E-state index in [1.54, 1.807) is 4.90 Å². The first-order valence-corrected chi connectivity index (χ1v) is 8.80. The molecule has 25 heavy (non-hydrogen) atoms. The Balaban J connectivity index is 1.79. The molecule has 3 rings (SSSR count). The van der Waals surface area contributed by atoms with E-state index in [1.807, 2.05) is 36.0 Å². The van der Waals surface area contributed by atoms with E-state index in [4.69, 9.17) is 0 Å². The van der Waals surface area contributed by atoms with Gasteiger partial charge >= 0.3 is 6.03 Å². The van der Waals surface area contributed by atoms with E-state index in [-0.39, 0.29) is 11.9 Å². The molecule has 0 unspecified atom stereocenters. The smallest absolute Gasteiger partial charge is 0.322 e. The zero-order valence-electron chi connectivity index (χ0n) is 15.0. The number of aryl methyl sites for hydroxylation is 1. The van der Waals surface area contributed by atoms with Crippen LogP contribution in [0.5, 0.6) is 0 Å². The highest BCUT2D eigenvalue weighted by Gasteiger charge is 2.33. The number of carbonyl (C=O) groups is 2. The van der Waals surface area contributed by atoms with Crippen molar-refractivity contribution < 1.29 is 9.59 Å². The molecular formula is C18H25N5O2. The molecule has 0 saturated carbocycles. The van der Waals surface area contributed by atoms with Crippen molar-refractivity contribution in [2.75, 3.05) is 18.4 Å². The van der Waals surface area contributed by atoms with E-state index in [1.165, 1.54) is 0 Å². The lowest BCUT2D eigenvalue weighted by molar-refractivity contribution is -0.128. The summed E-state index contributed by atoms with van der Waals surface area (Å²) in [7, 11) is 0. The van der Waals surface area contributed by atoms with Crippen molar-refractivity contribution in [1.82, 2.24) is 20.0 Å². The van der Waals surface area contributed by atoms with E-state index in [2.05, 4.69) is 29.6 Å². The second kappa shape index (κ2) is 7.13. The molecule has 134 valence electrons. The molecule has 2 aromatic rings. The quantitative estimate of drug-likeness (QED) is 0.895. The van der Waals surface area contributed by atoms with Crippen LogP contribution >= 0.6 is 0 Å². The number of amides is 3. The Morgan fingerprint density at radius 3 is 2.96 bits per heavy atom. The van der Waals surface area contributed by atoms with Gasteiger partial charge in [-0.15, -0.1) is 0 Å². The van der Waals surface area contributed by atoms with Gasteiger partial charge in [-0.1, -0.05) is 13.8 Å². The lowest BCUT2D eigenvalue weighted by atomic mass is 10.0. The predicted octanol–water partition coefficient (Wildman–Crippen LogP) is 2.43. The van der Waals surface area contributed by atoms with Gasteiger partial charge in [-0.2, -0.15) is 5.10 Å². The minimum atomic E-state index is -0.418. The zero-order chi connectivity index (χ0) is 18.0. The number of hydrogen-bond donors (Lipinski definition) is 2. The van der Waals surface area contributed by atoms with Gasteiger partial charge < -0.3 is 15.5 Å². The lowest BCUT2D eigenvalue weighted by Crippen LogP contribution is -2.58. The highest BCUT2D eigenvalue weighted by Crippen LogP contribution is 2.21. The highest BCUT2D eigenvalue weighted by atomic mass is 16.2. The molecule has 0 bridgehead atoms. The van der Waals surface area contributed by atoms with Crippen molar-refractivity contribution in [1.29, 1.82) is 0 Å². The van der Waals surface area contributed by atoms with Gasteiger partial charge in [0.05, 0.1) is 11.7 Å². The van der Waals surface area contributed by atoms with Crippen LogP contribution in [0, 0.1) is 5.92 Å². The highest BCUT2D eigenvalue weighted by molar-refractivity contribution is 5.96. The van der Waals surface area contributed by atoms with Crippen LogP contribution in [0.3, 0.4) is 0 Å². The zero-order valence-corrected chi connectivity index (χ0v) is 15.0. The topological polar surface area (TPSA) is 79.3 Å². The van der Waals surface area contributed by atoms with Crippen molar-refractivity contribution in [3.8, 4) is 0 Å². The van der Waals surface area contributed by atoms with Crippen molar-refractivity contribution >= 4 is 28.5 Å². The van der Waals surface area contributed by atoms with E-state index < -0.39 is 6.04 Å². The number of carbonyl (C=O) groups excluding carboxylic acids is 2. The molecule has 1 saturated heterocycles. The molecule has 1 aliphatic heterocycles. The van der Waals surface area contributed by atoms with E-state index >= 15 is 0 Å². The van der Waals surface area contributed by atoms with Crippen LogP contribution in [-0.4, -0.2) is 45.8 Å². The minimum Gasteiger partial charge on any atom is -0.353 e. The van der Waals surface area contributed by atoms with Crippen LogP contribution in [0.4, 0.5) is 10.5 Å². The maximum absolute atomic E-state index is 12.7. The van der Waals surface area contributed by atoms with Gasteiger partial charge in [0.15, 0.2) is 0 Å². The Kier molecular flexibility index (Phi) is 4.92. The number of nitrogens with one attached hydrogen (secondary N) is 2. The molecule has 2 heterocycles. The number of fused-ring (bicyclic) bond motifs is 1. The van der Waals surface area contributed by atoms with Crippen molar-refractivity contribution in [2.24, 2.45) is 5.92 Å². The Morgan fingerprint density at radius 2 is 2.24 bits per heavy atom. The third-order valence-electron chi connectivity index (χ3n) is 4.48. The lowest BCUT2D eigenvalue weighted by Gasteiger charge is -2.35. The van der Waals surface area contributed by atoms with Crippen LogP contribution in [-0.2, 0) is 11.3 Å². The summed E-state index contributed by atoms with van der Waals surface area (Å²) in [6.45, 7) is 7.91. The van der Waals surface area contributed by atoms with Crippen LogP contribution in [0.15, 0.2) is 24.4 Å². The molecule has 1 aromatic carbocycles. The number of nitrogens with zero attached hydrogens (tertiary/aromatic N) is 3. The number of piperazine rings is 1. The summed E-state index contributed by atoms with van der Waals surface area (Å²) in [5.74, 6) is 0.258. The SMILES string of the molecule is CCn1ncc2ccc(NC(=O)N3CCNC(=O)[C@@H]3CC(C)C)cc21. The molecule has 1 aromatic heterocycles. The van der Waals surface area contributed by atoms with Crippen molar-refractivity contribution in [2.45, 2.75) is 39.8 Å². The van der Waals surface area contributed by atoms with Gasteiger partial charge in [0.1, 0.15) is 6.04 Å². The molecular weight excluding hydrogens is 318 g/mol. The normalized spacial score (nSPS) is 17.8. The number of rotatable bonds is 4. The molecule has 0 aliphatic carbocycles. The average Bonchev–Trinajstić information content (AvgIpc) is 2.98. The first-order chi connectivity index (χ1) is 12.0. The van der Waals surface area contributed by atoms with Crippen LogP contribution in [0.2, 0.25) is 0 Å². The van der Waals surface area contributed by atoms with Gasteiger partial charge in [0.2, 0.25) is 5.91 Å². The first kappa shape index (κ1) is 17.3. The molecule has 0 spiro atoms. The van der Waals surface area contributed by atoms with Gasteiger partial charge in [-0.25, -0.2) is 4.79 Å². The Morgan fingerprint density at radius 1 is 1.44 bits per heavy atom. The summed E-state index contributed by atoms with van der Waals surface area (Å²) in [6, 6.07) is 5.08. The number of anilines is 1. The Labute approximate surface area is 147 Å². The van der Waals surface area contributed by atoms with Gasteiger partial charge in [-0.3, -0.25) is 9.48 Å². The monoisotopic (exact) mass is 343 g/mol. The van der Waals surface area contributed by atoms with E-state index in [0.717, 1.165) is 17.4 Å². The molecule has 0 radical (unpaired) electrons. The summed E-state index contributed by atoms with van der Waals surface area (Å²) in [5, 5.41) is 11.1. The molecule has 3 amide bonds. The fraction of sp³-hybridized carbons (Fsp3) is 0.500. The maximum Gasteiger partial charge on any atom is 0.322 e. The largest absolute Gasteiger partial charge is 0.353 e. The summed E-state index contributed by atoms with van der Waals surface area (Å²) in [6.07, 6.45) is 2.47. The summed E-state index contributed by atoms with van der Waals surface area (Å²) in [5.41, 5.74) is 1.69. The average molecular weight is 343 g/mol. The number of urea groups is 1. The van der Waals surface area contributed by atoms with Gasteiger partial charge in [0, 0.05) is 30.7 Å². The summed E-state index contributed by atoms with van der Waals surface area (Å²) >= 11 is 0. The third-order valence-corrected chi connectivity index (χ3v) is 4.48. The second-order valence-corrected chi connectivity index (χ2v) is 6.79. The van der Waals surface area contributed by atoms with E-state index in [0.29, 0.717) is 31.1 Å². The number of benzene rings is 1. The molecule has 1 atom stereocenters. The number of hydrogen-bond acceptors (Lipinski definition) is 3. The molecule has 7 nitrogen and oxygen atoms in total. The van der Waals surface area contributed by atoms with Crippen LogP contribution in [0.25, 0.3) is 10.9 Å². The van der Waals surface area contributed by atoms with Crippen LogP contribution in [0.1, 0.15) is 27.2 Å². The molecule has 1 fully saturated rings. The van der Waals surface area contributed by atoms with Crippen molar-refractivity contribution in [3.63, 3.8) is 0 Å². The van der Waals surface area contributed by atoms with E-state index in [9.17, 15) is 9.59 Å². The predicted molar refractivity (Wildman–Crippen MR) is 97.4 cm³/mol. The fourth-order valence-corrected chi connectivity index (χ4v) is 3.23. The third kappa shape index (κ3) is 3.60.